The topological polar surface area (TPSA) is 112 Å². The number of hydrogen-bond acceptors (Lipinski definition) is 6. The molecule has 0 spiro atoms. The van der Waals surface area contributed by atoms with E-state index in [0.717, 1.165) is 12.1 Å². The molecule has 2 heterocycles. The number of rotatable bonds is 4. The minimum Gasteiger partial charge on any atom is -0.339 e. The van der Waals surface area contributed by atoms with Gasteiger partial charge in [0.25, 0.3) is 0 Å². The Morgan fingerprint density at radius 1 is 1.14 bits per heavy atom. The summed E-state index contributed by atoms with van der Waals surface area (Å²) in [5.41, 5.74) is 0.429. The van der Waals surface area contributed by atoms with E-state index < -0.39 is 21.7 Å². The summed E-state index contributed by atoms with van der Waals surface area (Å²) >= 11 is 0. The number of primary sulfonamides is 1. The molecule has 2 aromatic heterocycles. The van der Waals surface area contributed by atoms with Gasteiger partial charge in [0.2, 0.25) is 21.7 Å². The second-order valence-electron chi connectivity index (χ2n) is 7.32. The van der Waals surface area contributed by atoms with Crippen LogP contribution in [0.15, 0.2) is 45.9 Å². The normalized spacial score (nSPS) is 20.9. The predicted octanol–water partition coefficient (Wildman–Crippen LogP) is 2.96. The number of benzene rings is 1. The van der Waals surface area contributed by atoms with Crippen molar-refractivity contribution in [1.82, 2.24) is 15.1 Å². The van der Waals surface area contributed by atoms with Crippen LogP contribution in [0.4, 0.5) is 8.78 Å². The molecule has 1 fully saturated rings. The van der Waals surface area contributed by atoms with Crippen LogP contribution in [0.3, 0.4) is 0 Å². The molecule has 0 aliphatic heterocycles. The maximum atomic E-state index is 14.0. The third-order valence-electron chi connectivity index (χ3n) is 5.11. The fourth-order valence-corrected chi connectivity index (χ4v) is 3.99. The van der Waals surface area contributed by atoms with Crippen LogP contribution in [0, 0.1) is 17.0 Å². The van der Waals surface area contributed by atoms with Crippen molar-refractivity contribution in [2.45, 2.75) is 30.6 Å². The lowest BCUT2D eigenvalue weighted by Crippen LogP contribution is -2.12. The molecule has 0 radical (unpaired) electrons. The SMILES string of the molecule is CC1(C)[C@@H](c2ccc(S(N)(=O)=O)cn2)[C@@H]1c1nc(-c2ccc(F)cc2F)no1. The highest BCUT2D eigenvalue weighted by Gasteiger charge is 2.62. The van der Waals surface area contributed by atoms with Crippen LogP contribution < -0.4 is 5.14 Å². The largest absolute Gasteiger partial charge is 0.339 e. The van der Waals surface area contributed by atoms with Crippen LogP contribution in [-0.4, -0.2) is 23.5 Å². The molecule has 10 heteroatoms. The number of halogens is 2. The van der Waals surface area contributed by atoms with Gasteiger partial charge in [0.15, 0.2) is 0 Å². The first-order chi connectivity index (χ1) is 13.1. The van der Waals surface area contributed by atoms with Gasteiger partial charge in [0.1, 0.15) is 16.5 Å². The quantitative estimate of drug-likeness (QED) is 0.713. The van der Waals surface area contributed by atoms with E-state index in [4.69, 9.17) is 9.66 Å². The van der Waals surface area contributed by atoms with Crippen molar-refractivity contribution in [2.75, 3.05) is 0 Å². The zero-order valence-electron chi connectivity index (χ0n) is 14.9. The van der Waals surface area contributed by atoms with Gasteiger partial charge in [-0.15, -0.1) is 0 Å². The molecule has 4 rings (SSSR count). The van der Waals surface area contributed by atoms with E-state index in [9.17, 15) is 17.2 Å². The van der Waals surface area contributed by atoms with Crippen LogP contribution in [0.25, 0.3) is 11.4 Å². The molecule has 1 aromatic carbocycles. The molecule has 7 nitrogen and oxygen atoms in total. The summed E-state index contributed by atoms with van der Waals surface area (Å²) in [6.45, 7) is 3.97. The monoisotopic (exact) mass is 406 g/mol. The summed E-state index contributed by atoms with van der Waals surface area (Å²) in [6, 6.07) is 6.13. The van der Waals surface area contributed by atoms with Crippen LogP contribution >= 0.6 is 0 Å². The van der Waals surface area contributed by atoms with E-state index in [-0.39, 0.29) is 33.5 Å². The molecule has 1 saturated carbocycles. The van der Waals surface area contributed by atoms with Crippen LogP contribution in [0.2, 0.25) is 0 Å². The zero-order valence-corrected chi connectivity index (χ0v) is 15.7. The lowest BCUT2D eigenvalue weighted by atomic mass is 10.1. The van der Waals surface area contributed by atoms with E-state index in [2.05, 4.69) is 15.1 Å². The van der Waals surface area contributed by atoms with Crippen molar-refractivity contribution in [3.8, 4) is 11.4 Å². The molecule has 1 aliphatic rings. The lowest BCUT2D eigenvalue weighted by molar-refractivity contribution is 0.368. The molecule has 146 valence electrons. The van der Waals surface area contributed by atoms with E-state index in [0.29, 0.717) is 11.6 Å². The second-order valence-corrected chi connectivity index (χ2v) is 8.88. The number of aromatic nitrogens is 3. The molecule has 2 atom stereocenters. The van der Waals surface area contributed by atoms with Crippen molar-refractivity contribution < 1.29 is 21.7 Å². The first-order valence-corrected chi connectivity index (χ1v) is 9.91. The van der Waals surface area contributed by atoms with Gasteiger partial charge >= 0.3 is 0 Å². The van der Waals surface area contributed by atoms with E-state index in [1.807, 2.05) is 13.8 Å². The van der Waals surface area contributed by atoms with Gasteiger partial charge in [-0.25, -0.2) is 22.3 Å². The molecule has 1 aliphatic carbocycles. The highest BCUT2D eigenvalue weighted by molar-refractivity contribution is 7.89. The van der Waals surface area contributed by atoms with Gasteiger partial charge in [0.05, 0.1) is 11.5 Å². The molecular weight excluding hydrogens is 390 g/mol. The van der Waals surface area contributed by atoms with Gasteiger partial charge < -0.3 is 4.52 Å². The van der Waals surface area contributed by atoms with Crippen LogP contribution in [0.5, 0.6) is 0 Å². The van der Waals surface area contributed by atoms with Crippen LogP contribution in [-0.2, 0) is 10.0 Å². The first kappa shape index (κ1) is 18.6. The number of sulfonamides is 1. The summed E-state index contributed by atoms with van der Waals surface area (Å²) in [7, 11) is -3.82. The van der Waals surface area contributed by atoms with Crippen molar-refractivity contribution >= 4 is 10.0 Å². The van der Waals surface area contributed by atoms with Crippen molar-refractivity contribution in [1.29, 1.82) is 0 Å². The predicted molar refractivity (Wildman–Crippen MR) is 94.5 cm³/mol. The first-order valence-electron chi connectivity index (χ1n) is 8.37. The van der Waals surface area contributed by atoms with Gasteiger partial charge in [0, 0.05) is 23.9 Å². The maximum absolute atomic E-state index is 14.0. The van der Waals surface area contributed by atoms with Gasteiger partial charge in [-0.1, -0.05) is 19.0 Å². The minimum atomic E-state index is -3.82. The van der Waals surface area contributed by atoms with Crippen molar-refractivity contribution in [3.05, 3.63) is 59.7 Å². The third kappa shape index (κ3) is 3.08. The number of nitrogens with two attached hydrogens (primary N) is 1. The maximum Gasteiger partial charge on any atom is 0.239 e. The second kappa shape index (κ2) is 6.14. The Morgan fingerprint density at radius 2 is 1.89 bits per heavy atom. The number of nitrogens with zero attached hydrogens (tertiary/aromatic N) is 3. The minimum absolute atomic E-state index is 0.0338. The smallest absolute Gasteiger partial charge is 0.239 e. The molecule has 2 N–H and O–H groups in total. The van der Waals surface area contributed by atoms with E-state index in [1.54, 1.807) is 6.07 Å². The van der Waals surface area contributed by atoms with Gasteiger partial charge in [-0.3, -0.25) is 4.98 Å². The van der Waals surface area contributed by atoms with Gasteiger partial charge in [-0.2, -0.15) is 4.98 Å². The van der Waals surface area contributed by atoms with Crippen molar-refractivity contribution in [3.63, 3.8) is 0 Å². The lowest BCUT2D eigenvalue weighted by Gasteiger charge is -2.03. The number of pyridine rings is 1. The standard InChI is InChI=1S/C18H16F2N4O3S/c1-18(2)14(13-6-4-10(8-22-13)28(21,25)26)15(18)17-23-16(24-27-17)11-5-3-9(19)7-12(11)20/h3-8,14-15H,1-2H3,(H2,21,25,26)/t14-,15+/m0/s1. The Bertz CT molecular complexity index is 1160. The summed E-state index contributed by atoms with van der Waals surface area (Å²) in [4.78, 5) is 8.42. The molecule has 0 unspecified atom stereocenters. The fraction of sp³-hybridized carbons (Fsp3) is 0.278. The summed E-state index contributed by atoms with van der Waals surface area (Å²) in [5, 5.41) is 8.91. The van der Waals surface area contributed by atoms with Crippen molar-refractivity contribution in [2.24, 2.45) is 10.6 Å². The molecule has 28 heavy (non-hydrogen) atoms. The fourth-order valence-electron chi connectivity index (χ4n) is 3.54. The zero-order chi connectivity index (χ0) is 20.3. The third-order valence-corrected chi connectivity index (χ3v) is 6.01. The Labute approximate surface area is 159 Å². The average molecular weight is 406 g/mol. The molecule has 3 aromatic rings. The summed E-state index contributed by atoms with van der Waals surface area (Å²) in [6.07, 6.45) is 1.21. The van der Waals surface area contributed by atoms with Crippen LogP contribution in [0.1, 0.15) is 37.3 Å². The summed E-state index contributed by atoms with van der Waals surface area (Å²) < 4.78 is 55.1. The molecule has 0 bridgehead atoms. The van der Waals surface area contributed by atoms with E-state index >= 15 is 0 Å². The molecule has 0 saturated heterocycles. The Kier molecular flexibility index (Phi) is 4.09. The highest BCUT2D eigenvalue weighted by atomic mass is 32.2. The average Bonchev–Trinajstić information content (AvgIpc) is 2.95. The highest BCUT2D eigenvalue weighted by Crippen LogP contribution is 2.69. The Balaban J connectivity index is 1.63. The summed E-state index contributed by atoms with van der Waals surface area (Å²) in [5.74, 6) is -1.39. The molecular formula is C18H16F2N4O3S. The Hall–Kier alpha value is -2.72. The van der Waals surface area contributed by atoms with Gasteiger partial charge in [-0.05, 0) is 29.7 Å². The number of hydrogen-bond donors (Lipinski definition) is 1. The van der Waals surface area contributed by atoms with E-state index in [1.165, 1.54) is 18.3 Å². The Morgan fingerprint density at radius 3 is 2.50 bits per heavy atom. The molecule has 0 amide bonds.